The summed E-state index contributed by atoms with van der Waals surface area (Å²) in [6.45, 7) is 1.58. The van der Waals surface area contributed by atoms with Crippen molar-refractivity contribution in [2.45, 2.75) is 70.3 Å². The lowest BCUT2D eigenvalue weighted by molar-refractivity contribution is -0.140. The second-order valence-electron chi connectivity index (χ2n) is 9.26. The van der Waals surface area contributed by atoms with E-state index in [0.29, 0.717) is 23.6 Å². The van der Waals surface area contributed by atoms with Crippen molar-refractivity contribution in [1.29, 1.82) is 0 Å². The second-order valence-corrected chi connectivity index (χ2v) is 9.63. The van der Waals surface area contributed by atoms with E-state index < -0.39 is 0 Å². The molecule has 5 rings (SSSR count). The van der Waals surface area contributed by atoms with E-state index in [1.54, 1.807) is 0 Å². The predicted octanol–water partition coefficient (Wildman–Crippen LogP) is 3.33. The summed E-state index contributed by atoms with van der Waals surface area (Å²) in [6, 6.07) is 0.208. The summed E-state index contributed by atoms with van der Waals surface area (Å²) < 4.78 is 0. The number of carbonyl (C=O) groups is 2. The van der Waals surface area contributed by atoms with Crippen LogP contribution in [0.2, 0.25) is 0 Å². The number of hydrogen-bond donors (Lipinski definition) is 1. The van der Waals surface area contributed by atoms with Crippen LogP contribution in [0.5, 0.6) is 0 Å². The van der Waals surface area contributed by atoms with Crippen molar-refractivity contribution in [3.05, 3.63) is 0 Å². The lowest BCUT2D eigenvalue weighted by atomic mass is 9.49. The first-order chi connectivity index (χ1) is 12.0. The van der Waals surface area contributed by atoms with Gasteiger partial charge in [0.25, 0.3) is 0 Å². The fraction of sp³-hybridized carbons (Fsp3) is 0.900. The van der Waals surface area contributed by atoms with Gasteiger partial charge in [0.05, 0.1) is 0 Å². The molecule has 5 aliphatic rings. The quantitative estimate of drug-likeness (QED) is 0.759. The van der Waals surface area contributed by atoms with Crippen LogP contribution in [0.15, 0.2) is 0 Å². The number of amides is 2. The molecule has 1 N–H and O–H groups in total. The van der Waals surface area contributed by atoms with Crippen LogP contribution >= 0.6 is 11.6 Å². The molecule has 4 nitrogen and oxygen atoms in total. The summed E-state index contributed by atoms with van der Waals surface area (Å²) in [5.41, 5.74) is 0.331. The Hall–Kier alpha value is -0.770. The van der Waals surface area contributed by atoms with E-state index in [2.05, 4.69) is 10.2 Å². The lowest BCUT2D eigenvalue weighted by Gasteiger charge is -2.57. The summed E-state index contributed by atoms with van der Waals surface area (Å²) in [6.07, 6.45) is 11.1. The molecule has 4 saturated carbocycles. The van der Waals surface area contributed by atoms with Crippen LogP contribution in [-0.4, -0.2) is 41.7 Å². The standard InChI is InChI=1S/C20H31ClN2O2/c21-4-1-18(24)22-17-2-5-23(6-3-17)19(25)13-20-10-14-7-15(11-20)9-16(8-14)12-20/h14-17H,1-13H2,(H,22,24). The number of halogens is 1. The molecule has 0 aromatic rings. The van der Waals surface area contributed by atoms with Gasteiger partial charge in [-0.2, -0.15) is 0 Å². The summed E-state index contributed by atoms with van der Waals surface area (Å²) in [5.74, 6) is 3.49. The van der Waals surface area contributed by atoms with Crippen LogP contribution in [-0.2, 0) is 9.59 Å². The summed E-state index contributed by atoms with van der Waals surface area (Å²) >= 11 is 5.61. The minimum atomic E-state index is 0.0355. The van der Waals surface area contributed by atoms with Crippen molar-refractivity contribution in [3.8, 4) is 0 Å². The molecular weight excluding hydrogens is 336 g/mol. The van der Waals surface area contributed by atoms with E-state index in [1.165, 1.54) is 38.5 Å². The van der Waals surface area contributed by atoms with E-state index in [9.17, 15) is 9.59 Å². The van der Waals surface area contributed by atoms with Crippen molar-refractivity contribution in [3.63, 3.8) is 0 Å². The largest absolute Gasteiger partial charge is 0.353 e. The Morgan fingerprint density at radius 1 is 1.00 bits per heavy atom. The third-order valence-electron chi connectivity index (χ3n) is 7.23. The van der Waals surface area contributed by atoms with Crippen LogP contribution in [0.1, 0.15) is 64.2 Å². The van der Waals surface area contributed by atoms with E-state index in [4.69, 9.17) is 11.6 Å². The zero-order valence-electron chi connectivity index (χ0n) is 15.1. The zero-order chi connectivity index (χ0) is 17.4. The van der Waals surface area contributed by atoms with Gasteiger partial charge in [-0.05, 0) is 74.5 Å². The predicted molar refractivity (Wildman–Crippen MR) is 98.3 cm³/mol. The van der Waals surface area contributed by atoms with Crippen LogP contribution in [0.25, 0.3) is 0 Å². The first kappa shape index (κ1) is 17.6. The van der Waals surface area contributed by atoms with Gasteiger partial charge in [0.15, 0.2) is 0 Å². The van der Waals surface area contributed by atoms with Crippen LogP contribution in [0.4, 0.5) is 0 Å². The van der Waals surface area contributed by atoms with Gasteiger partial charge in [-0.25, -0.2) is 0 Å². The molecule has 1 saturated heterocycles. The highest BCUT2D eigenvalue weighted by Crippen LogP contribution is 2.61. The molecule has 140 valence electrons. The van der Waals surface area contributed by atoms with Gasteiger partial charge in [0.1, 0.15) is 0 Å². The Bertz CT molecular complexity index is 493. The molecule has 1 aliphatic heterocycles. The molecule has 4 bridgehead atoms. The molecule has 5 fully saturated rings. The number of alkyl halides is 1. The van der Waals surface area contributed by atoms with Crippen LogP contribution < -0.4 is 5.32 Å². The number of hydrogen-bond acceptors (Lipinski definition) is 2. The summed E-state index contributed by atoms with van der Waals surface area (Å²) in [4.78, 5) is 26.7. The highest BCUT2D eigenvalue weighted by molar-refractivity contribution is 6.18. The topological polar surface area (TPSA) is 49.4 Å². The Balaban J connectivity index is 1.28. The SMILES string of the molecule is O=C(CCCl)NC1CCN(C(=O)CC23CC4CC(CC(C4)C2)C3)CC1. The van der Waals surface area contributed by atoms with E-state index in [1.807, 2.05) is 0 Å². The van der Waals surface area contributed by atoms with Crippen molar-refractivity contribution in [2.24, 2.45) is 23.2 Å². The first-order valence-corrected chi connectivity index (χ1v) is 10.7. The highest BCUT2D eigenvalue weighted by atomic mass is 35.5. The van der Waals surface area contributed by atoms with Gasteiger partial charge in [0.2, 0.25) is 11.8 Å². The number of piperidine rings is 1. The Kier molecular flexibility index (Phi) is 5.00. The normalized spacial score (nSPS) is 37.3. The Labute approximate surface area is 156 Å². The molecule has 0 aromatic carbocycles. The fourth-order valence-corrected chi connectivity index (χ4v) is 6.77. The molecular formula is C20H31ClN2O2. The molecule has 5 heteroatoms. The lowest BCUT2D eigenvalue weighted by Crippen LogP contribution is -2.50. The number of nitrogens with one attached hydrogen (secondary N) is 1. The maximum Gasteiger partial charge on any atom is 0.223 e. The molecule has 0 spiro atoms. The number of rotatable bonds is 5. The van der Waals surface area contributed by atoms with Crippen molar-refractivity contribution >= 4 is 23.4 Å². The van der Waals surface area contributed by atoms with Gasteiger partial charge < -0.3 is 10.2 Å². The van der Waals surface area contributed by atoms with Gasteiger partial charge in [-0.1, -0.05) is 0 Å². The van der Waals surface area contributed by atoms with Crippen molar-refractivity contribution in [2.75, 3.05) is 19.0 Å². The van der Waals surface area contributed by atoms with Gasteiger partial charge in [0, 0.05) is 37.9 Å². The molecule has 0 unspecified atom stereocenters. The Morgan fingerprint density at radius 2 is 1.56 bits per heavy atom. The third-order valence-corrected chi connectivity index (χ3v) is 7.41. The first-order valence-electron chi connectivity index (χ1n) is 10.2. The molecule has 0 aromatic heterocycles. The van der Waals surface area contributed by atoms with E-state index in [0.717, 1.165) is 50.1 Å². The minimum Gasteiger partial charge on any atom is -0.353 e. The minimum absolute atomic E-state index is 0.0355. The molecule has 2 amide bonds. The summed E-state index contributed by atoms with van der Waals surface area (Å²) in [5, 5.41) is 3.04. The Morgan fingerprint density at radius 3 is 2.08 bits per heavy atom. The number of carbonyl (C=O) groups excluding carboxylic acids is 2. The second kappa shape index (κ2) is 7.09. The van der Waals surface area contributed by atoms with Gasteiger partial charge in [-0.15, -0.1) is 11.6 Å². The van der Waals surface area contributed by atoms with E-state index in [-0.39, 0.29) is 11.9 Å². The zero-order valence-corrected chi connectivity index (χ0v) is 15.9. The maximum atomic E-state index is 12.9. The number of nitrogens with zero attached hydrogens (tertiary/aromatic N) is 1. The van der Waals surface area contributed by atoms with Crippen LogP contribution in [0.3, 0.4) is 0 Å². The molecule has 25 heavy (non-hydrogen) atoms. The van der Waals surface area contributed by atoms with E-state index >= 15 is 0 Å². The molecule has 4 aliphatic carbocycles. The third kappa shape index (κ3) is 3.84. The average Bonchev–Trinajstić information content (AvgIpc) is 2.54. The van der Waals surface area contributed by atoms with Gasteiger partial charge >= 0.3 is 0 Å². The van der Waals surface area contributed by atoms with Crippen molar-refractivity contribution in [1.82, 2.24) is 10.2 Å². The van der Waals surface area contributed by atoms with Crippen molar-refractivity contribution < 1.29 is 9.59 Å². The fourth-order valence-electron chi connectivity index (χ4n) is 6.60. The average molecular weight is 367 g/mol. The monoisotopic (exact) mass is 366 g/mol. The summed E-state index contributed by atoms with van der Waals surface area (Å²) in [7, 11) is 0. The number of likely N-dealkylation sites (tertiary alicyclic amines) is 1. The van der Waals surface area contributed by atoms with Crippen LogP contribution in [0, 0.1) is 23.2 Å². The smallest absolute Gasteiger partial charge is 0.223 e. The molecule has 0 atom stereocenters. The molecule has 1 heterocycles. The maximum absolute atomic E-state index is 12.9. The molecule has 0 radical (unpaired) electrons. The van der Waals surface area contributed by atoms with Gasteiger partial charge in [-0.3, -0.25) is 9.59 Å². The highest BCUT2D eigenvalue weighted by Gasteiger charge is 2.51.